The van der Waals surface area contributed by atoms with Gasteiger partial charge in [0.25, 0.3) is 0 Å². The molecule has 0 spiro atoms. The average molecular weight is 493 g/mol. The van der Waals surface area contributed by atoms with Crippen LogP contribution in [0.3, 0.4) is 0 Å². The average Bonchev–Trinajstić information content (AvgIpc) is 3.20. The van der Waals surface area contributed by atoms with Gasteiger partial charge in [0.1, 0.15) is 0 Å². The molecule has 4 rings (SSSR count). The Morgan fingerprint density at radius 1 is 0.972 bits per heavy atom. The van der Waals surface area contributed by atoms with Crippen LogP contribution < -0.4 is 5.32 Å². The Labute approximate surface area is 211 Å². The first-order chi connectivity index (χ1) is 17.2. The molecule has 0 bridgehead atoms. The van der Waals surface area contributed by atoms with Gasteiger partial charge in [0, 0.05) is 44.7 Å². The zero-order valence-electron chi connectivity index (χ0n) is 20.8. The highest BCUT2D eigenvalue weighted by Crippen LogP contribution is 2.36. The molecule has 1 N–H and O–H groups in total. The molecule has 2 saturated heterocycles. The number of anilines is 1. The van der Waals surface area contributed by atoms with E-state index >= 15 is 0 Å². The lowest BCUT2D eigenvalue weighted by molar-refractivity contribution is -0.142. The Balaban J connectivity index is 1.63. The summed E-state index contributed by atoms with van der Waals surface area (Å²) in [4.78, 5) is 55.7. The highest BCUT2D eigenvalue weighted by molar-refractivity contribution is 5.92. The van der Waals surface area contributed by atoms with Crippen molar-refractivity contribution in [1.29, 1.82) is 0 Å². The number of cyclic esters (lactones) is 1. The first-order valence-corrected chi connectivity index (χ1v) is 12.2. The second kappa shape index (κ2) is 10.8. The van der Waals surface area contributed by atoms with Gasteiger partial charge in [0.2, 0.25) is 17.7 Å². The van der Waals surface area contributed by atoms with E-state index in [0.29, 0.717) is 37.4 Å². The summed E-state index contributed by atoms with van der Waals surface area (Å²) in [5.74, 6) is -0.563. The van der Waals surface area contributed by atoms with Crippen LogP contribution in [-0.2, 0) is 25.7 Å². The molecule has 2 aliphatic heterocycles. The number of carbonyl (C=O) groups is 4. The Hall–Kier alpha value is -3.88. The van der Waals surface area contributed by atoms with Crippen LogP contribution in [0.2, 0.25) is 0 Å². The Kier molecular flexibility index (Phi) is 7.57. The number of piperazine rings is 1. The van der Waals surface area contributed by atoms with Crippen LogP contribution in [0.15, 0.2) is 54.6 Å². The molecule has 2 aromatic rings. The summed E-state index contributed by atoms with van der Waals surface area (Å²) < 4.78 is 5.79. The molecular formula is C27H32N4O5. The van der Waals surface area contributed by atoms with Crippen molar-refractivity contribution in [2.45, 2.75) is 39.5 Å². The van der Waals surface area contributed by atoms with Gasteiger partial charge in [-0.2, -0.15) is 0 Å². The molecule has 2 aromatic carbocycles. The number of amides is 4. The molecule has 4 amide bonds. The van der Waals surface area contributed by atoms with E-state index in [9.17, 15) is 19.2 Å². The Morgan fingerprint density at radius 2 is 1.64 bits per heavy atom. The zero-order valence-corrected chi connectivity index (χ0v) is 20.8. The Bertz CT molecular complexity index is 1130. The lowest BCUT2D eigenvalue weighted by Gasteiger charge is -2.37. The summed E-state index contributed by atoms with van der Waals surface area (Å²) in [5.41, 5.74) is 2.08. The maximum atomic E-state index is 13.8. The first-order valence-electron chi connectivity index (χ1n) is 12.2. The fraction of sp³-hybridized carbons (Fsp3) is 0.407. The molecule has 9 nitrogen and oxygen atoms in total. The normalized spacial score (nSPS) is 19.9. The van der Waals surface area contributed by atoms with Crippen molar-refractivity contribution in [3.63, 3.8) is 0 Å². The number of benzene rings is 2. The number of rotatable bonds is 6. The molecule has 9 heteroatoms. The summed E-state index contributed by atoms with van der Waals surface area (Å²) in [6, 6.07) is 15.7. The van der Waals surface area contributed by atoms with Gasteiger partial charge in [-0.15, -0.1) is 0 Å². The van der Waals surface area contributed by atoms with E-state index in [1.165, 1.54) is 11.8 Å². The quantitative estimate of drug-likeness (QED) is 0.668. The van der Waals surface area contributed by atoms with Crippen LogP contribution in [0, 0.1) is 5.92 Å². The minimum atomic E-state index is -0.877. The van der Waals surface area contributed by atoms with Gasteiger partial charge in [-0.3, -0.25) is 19.3 Å². The molecule has 2 aliphatic rings. The van der Waals surface area contributed by atoms with E-state index in [4.69, 9.17) is 4.74 Å². The molecule has 2 atom stereocenters. The van der Waals surface area contributed by atoms with Crippen molar-refractivity contribution in [3.05, 3.63) is 65.7 Å². The summed E-state index contributed by atoms with van der Waals surface area (Å²) in [7, 11) is 0. The van der Waals surface area contributed by atoms with Crippen molar-refractivity contribution in [3.8, 4) is 0 Å². The molecule has 2 fully saturated rings. The lowest BCUT2D eigenvalue weighted by atomic mass is 9.99. The molecule has 36 heavy (non-hydrogen) atoms. The van der Waals surface area contributed by atoms with Crippen molar-refractivity contribution < 1.29 is 23.9 Å². The smallest absolute Gasteiger partial charge is 0.411 e. The van der Waals surface area contributed by atoms with Crippen LogP contribution in [0.25, 0.3) is 0 Å². The number of hydrogen-bond acceptors (Lipinski definition) is 5. The fourth-order valence-electron chi connectivity index (χ4n) is 4.48. The maximum Gasteiger partial charge on any atom is 0.411 e. The van der Waals surface area contributed by atoms with Crippen molar-refractivity contribution in [1.82, 2.24) is 14.7 Å². The van der Waals surface area contributed by atoms with E-state index in [1.54, 1.807) is 47.9 Å². The maximum absolute atomic E-state index is 13.8. The highest BCUT2D eigenvalue weighted by atomic mass is 16.6. The highest BCUT2D eigenvalue weighted by Gasteiger charge is 2.48. The largest absolute Gasteiger partial charge is 0.438 e. The minimum absolute atomic E-state index is 0.0229. The number of hydrogen-bond donors (Lipinski definition) is 1. The minimum Gasteiger partial charge on any atom is -0.438 e. The third kappa shape index (κ3) is 5.50. The van der Waals surface area contributed by atoms with Crippen molar-refractivity contribution >= 4 is 29.5 Å². The molecular weight excluding hydrogens is 460 g/mol. The third-order valence-corrected chi connectivity index (χ3v) is 6.58. The number of ether oxygens (including phenoxy) is 1. The summed E-state index contributed by atoms with van der Waals surface area (Å²) in [6.07, 6.45) is -1.41. The van der Waals surface area contributed by atoms with Crippen LogP contribution in [0.5, 0.6) is 0 Å². The van der Waals surface area contributed by atoms with E-state index < -0.39 is 18.2 Å². The standard InChI is InChI=1S/C27H32N4O5/c1-18(2)25(33)28-22-11-7-10-21(16-22)24-23(26(34)30-14-12-29(13-15-30)19(3)32)31(27(35)36-24)17-20-8-5-4-6-9-20/h4-11,16,18,23-24H,12-15,17H2,1-3H3,(H,28,33). The first kappa shape index (κ1) is 25.2. The van der Waals surface area contributed by atoms with Gasteiger partial charge < -0.3 is 19.9 Å². The van der Waals surface area contributed by atoms with Crippen molar-refractivity contribution in [2.75, 3.05) is 31.5 Å². The van der Waals surface area contributed by atoms with Gasteiger partial charge in [-0.05, 0) is 23.3 Å². The van der Waals surface area contributed by atoms with E-state index in [2.05, 4.69) is 5.32 Å². The monoisotopic (exact) mass is 492 g/mol. The second-order valence-electron chi connectivity index (χ2n) is 9.46. The summed E-state index contributed by atoms with van der Waals surface area (Å²) in [6.45, 7) is 7.03. The van der Waals surface area contributed by atoms with Crippen LogP contribution in [0.4, 0.5) is 10.5 Å². The molecule has 0 aliphatic carbocycles. The van der Waals surface area contributed by atoms with Gasteiger partial charge >= 0.3 is 6.09 Å². The van der Waals surface area contributed by atoms with Crippen LogP contribution >= 0.6 is 0 Å². The summed E-state index contributed by atoms with van der Waals surface area (Å²) in [5, 5.41) is 2.86. The van der Waals surface area contributed by atoms with E-state index in [-0.39, 0.29) is 30.2 Å². The molecule has 0 aromatic heterocycles. The predicted octanol–water partition coefficient (Wildman–Crippen LogP) is 3.03. The predicted molar refractivity (Wildman–Crippen MR) is 134 cm³/mol. The molecule has 0 saturated carbocycles. The Morgan fingerprint density at radius 3 is 2.28 bits per heavy atom. The number of nitrogens with zero attached hydrogens (tertiary/aromatic N) is 3. The molecule has 2 unspecified atom stereocenters. The second-order valence-corrected chi connectivity index (χ2v) is 9.46. The van der Waals surface area contributed by atoms with Crippen LogP contribution in [-0.4, -0.2) is 70.7 Å². The lowest BCUT2D eigenvalue weighted by Crippen LogP contribution is -2.55. The van der Waals surface area contributed by atoms with Gasteiger partial charge in [-0.1, -0.05) is 56.3 Å². The molecule has 190 valence electrons. The van der Waals surface area contributed by atoms with E-state index in [0.717, 1.165) is 5.56 Å². The molecule has 2 heterocycles. The topological polar surface area (TPSA) is 99.3 Å². The van der Waals surface area contributed by atoms with Gasteiger partial charge in [0.15, 0.2) is 12.1 Å². The van der Waals surface area contributed by atoms with E-state index in [1.807, 2.05) is 30.3 Å². The fourth-order valence-corrected chi connectivity index (χ4v) is 4.48. The summed E-state index contributed by atoms with van der Waals surface area (Å²) >= 11 is 0. The van der Waals surface area contributed by atoms with Gasteiger partial charge in [0.05, 0.1) is 6.54 Å². The van der Waals surface area contributed by atoms with Gasteiger partial charge in [-0.25, -0.2) is 4.79 Å². The SMILES string of the molecule is CC(=O)N1CCN(C(=O)C2C(c3cccc(NC(=O)C(C)C)c3)OC(=O)N2Cc2ccccc2)CC1. The number of nitrogens with one attached hydrogen (secondary N) is 1. The van der Waals surface area contributed by atoms with Crippen LogP contribution in [0.1, 0.15) is 38.0 Å². The third-order valence-electron chi connectivity index (χ3n) is 6.58. The zero-order chi connectivity index (χ0) is 25.8. The molecule has 0 radical (unpaired) electrons. The number of carbonyl (C=O) groups excluding carboxylic acids is 4. The van der Waals surface area contributed by atoms with Crippen molar-refractivity contribution in [2.24, 2.45) is 5.92 Å².